The highest BCUT2D eigenvalue weighted by atomic mass is 35.5. The molecule has 2 heterocycles. The van der Waals surface area contributed by atoms with Crippen molar-refractivity contribution >= 4 is 24.1 Å². The maximum absolute atomic E-state index is 11.9. The number of halogens is 1. The minimum absolute atomic E-state index is 0. The van der Waals surface area contributed by atoms with Crippen molar-refractivity contribution in [2.24, 2.45) is 5.73 Å². The van der Waals surface area contributed by atoms with Crippen molar-refractivity contribution in [3.63, 3.8) is 0 Å². The summed E-state index contributed by atoms with van der Waals surface area (Å²) in [5.41, 5.74) is 6.56. The van der Waals surface area contributed by atoms with E-state index in [-0.39, 0.29) is 18.3 Å². The van der Waals surface area contributed by atoms with Crippen LogP contribution in [0.25, 0.3) is 0 Å². The molecule has 20 heavy (non-hydrogen) atoms. The quantitative estimate of drug-likeness (QED) is 0.865. The van der Waals surface area contributed by atoms with Gasteiger partial charge in [0.1, 0.15) is 0 Å². The van der Waals surface area contributed by atoms with E-state index in [4.69, 9.17) is 5.73 Å². The normalized spacial score (nSPS) is 17.1. The summed E-state index contributed by atoms with van der Waals surface area (Å²) < 4.78 is 0. The van der Waals surface area contributed by atoms with E-state index in [9.17, 15) is 4.79 Å². The largest absolute Gasteiger partial charge is 0.353 e. The minimum atomic E-state index is -0.425. The van der Waals surface area contributed by atoms with Gasteiger partial charge in [-0.25, -0.2) is 0 Å². The molecule has 0 aromatic carbocycles. The van der Waals surface area contributed by atoms with Gasteiger partial charge in [0.15, 0.2) is 5.82 Å². The van der Waals surface area contributed by atoms with Gasteiger partial charge in [-0.1, -0.05) is 0 Å². The molecule has 1 aliphatic heterocycles. The number of carbonyl (C=O) groups is 1. The molecular formula is C13H22ClN5O. The van der Waals surface area contributed by atoms with E-state index in [0.29, 0.717) is 6.54 Å². The second kappa shape index (κ2) is 7.40. The summed E-state index contributed by atoms with van der Waals surface area (Å²) in [5.74, 6) is 0.900. The Balaban J connectivity index is 0.00000200. The summed E-state index contributed by atoms with van der Waals surface area (Å²) in [6.07, 6.45) is 0.925. The van der Waals surface area contributed by atoms with Crippen molar-refractivity contribution in [3.8, 4) is 0 Å². The molecule has 2 N–H and O–H groups in total. The third kappa shape index (κ3) is 4.05. The van der Waals surface area contributed by atoms with Crippen LogP contribution in [-0.2, 0) is 4.79 Å². The number of hydrogen-bond acceptors (Lipinski definition) is 5. The highest BCUT2D eigenvalue weighted by Crippen LogP contribution is 2.13. The van der Waals surface area contributed by atoms with Crippen LogP contribution in [0.5, 0.6) is 0 Å². The molecule has 1 aromatic heterocycles. The van der Waals surface area contributed by atoms with E-state index < -0.39 is 6.04 Å². The number of aromatic nitrogens is 2. The number of carbonyl (C=O) groups excluding carboxylic acids is 1. The molecule has 1 atom stereocenters. The summed E-state index contributed by atoms with van der Waals surface area (Å²) in [7, 11) is 0. The molecule has 1 aromatic rings. The van der Waals surface area contributed by atoms with Gasteiger partial charge >= 0.3 is 0 Å². The fourth-order valence-electron chi connectivity index (χ4n) is 2.22. The van der Waals surface area contributed by atoms with Gasteiger partial charge in [0, 0.05) is 26.2 Å². The lowest BCUT2D eigenvalue weighted by molar-refractivity contribution is -0.131. The molecule has 0 unspecified atom stereocenters. The first-order valence-electron chi connectivity index (χ1n) is 6.67. The Morgan fingerprint density at radius 1 is 1.25 bits per heavy atom. The fourth-order valence-corrected chi connectivity index (χ4v) is 2.22. The third-order valence-electron chi connectivity index (χ3n) is 3.30. The van der Waals surface area contributed by atoms with Crippen LogP contribution >= 0.6 is 12.4 Å². The zero-order chi connectivity index (χ0) is 13.8. The molecule has 1 amide bonds. The summed E-state index contributed by atoms with van der Waals surface area (Å²) in [5, 5.41) is 8.27. The molecule has 2 rings (SSSR count). The van der Waals surface area contributed by atoms with Crippen LogP contribution in [0.1, 0.15) is 19.0 Å². The van der Waals surface area contributed by atoms with Crippen molar-refractivity contribution in [3.05, 3.63) is 17.8 Å². The number of nitrogens with zero attached hydrogens (tertiary/aromatic N) is 4. The molecule has 0 bridgehead atoms. The van der Waals surface area contributed by atoms with E-state index in [1.807, 2.05) is 24.0 Å². The van der Waals surface area contributed by atoms with Crippen molar-refractivity contribution in [2.45, 2.75) is 26.3 Å². The van der Waals surface area contributed by atoms with Crippen molar-refractivity contribution in [1.82, 2.24) is 15.1 Å². The fraction of sp³-hybridized carbons (Fsp3) is 0.615. The number of anilines is 1. The first-order valence-corrected chi connectivity index (χ1v) is 6.67. The number of rotatable bonds is 2. The summed E-state index contributed by atoms with van der Waals surface area (Å²) >= 11 is 0. The molecule has 0 radical (unpaired) electrons. The topological polar surface area (TPSA) is 75.3 Å². The summed E-state index contributed by atoms with van der Waals surface area (Å²) in [6, 6.07) is 3.51. The molecule has 1 fully saturated rings. The number of nitrogens with two attached hydrogens (primary N) is 1. The second-order valence-corrected chi connectivity index (χ2v) is 4.99. The van der Waals surface area contributed by atoms with Gasteiger partial charge in [-0.05, 0) is 32.4 Å². The zero-order valence-corrected chi connectivity index (χ0v) is 12.8. The van der Waals surface area contributed by atoms with Crippen molar-refractivity contribution < 1.29 is 4.79 Å². The Hall–Kier alpha value is -1.40. The van der Waals surface area contributed by atoms with Gasteiger partial charge in [-0.3, -0.25) is 4.79 Å². The smallest absolute Gasteiger partial charge is 0.239 e. The molecule has 112 valence electrons. The minimum Gasteiger partial charge on any atom is -0.353 e. The van der Waals surface area contributed by atoms with E-state index in [0.717, 1.165) is 37.6 Å². The second-order valence-electron chi connectivity index (χ2n) is 4.99. The Morgan fingerprint density at radius 3 is 2.60 bits per heavy atom. The lowest BCUT2D eigenvalue weighted by Crippen LogP contribution is -2.43. The maximum Gasteiger partial charge on any atom is 0.239 e. The Labute approximate surface area is 125 Å². The predicted molar refractivity (Wildman–Crippen MR) is 81.1 cm³/mol. The lowest BCUT2D eigenvalue weighted by Gasteiger charge is -2.23. The van der Waals surface area contributed by atoms with Gasteiger partial charge < -0.3 is 15.5 Å². The standard InChI is InChI=1S/C13H21N5O.ClH/c1-10-4-5-12(16-15-10)17-6-3-7-18(9-8-17)13(19)11(2)14;/h4-5,11H,3,6-9,14H2,1-2H3;1H/t11-;/m1./s1. The first-order chi connectivity index (χ1) is 9.08. The van der Waals surface area contributed by atoms with Crippen LogP contribution in [0.3, 0.4) is 0 Å². The van der Waals surface area contributed by atoms with Crippen LogP contribution in [0.2, 0.25) is 0 Å². The van der Waals surface area contributed by atoms with Crippen molar-refractivity contribution in [1.29, 1.82) is 0 Å². The maximum atomic E-state index is 11.9. The summed E-state index contributed by atoms with van der Waals surface area (Å²) in [4.78, 5) is 15.9. The van der Waals surface area contributed by atoms with Crippen LogP contribution in [0.4, 0.5) is 5.82 Å². The van der Waals surface area contributed by atoms with E-state index >= 15 is 0 Å². The average Bonchev–Trinajstić information content (AvgIpc) is 2.64. The zero-order valence-electron chi connectivity index (χ0n) is 12.0. The molecule has 0 saturated carbocycles. The van der Waals surface area contributed by atoms with Crippen molar-refractivity contribution in [2.75, 3.05) is 31.1 Å². The Kier molecular flexibility index (Phi) is 6.16. The monoisotopic (exact) mass is 299 g/mol. The van der Waals surface area contributed by atoms with Gasteiger partial charge in [-0.15, -0.1) is 17.5 Å². The SMILES string of the molecule is Cc1ccc(N2CCCN(C(=O)[C@@H](C)N)CC2)nn1.Cl. The Bertz CT molecular complexity index is 437. The van der Waals surface area contributed by atoms with Gasteiger partial charge in [0.2, 0.25) is 5.91 Å². The molecule has 0 spiro atoms. The van der Waals surface area contributed by atoms with E-state index in [1.54, 1.807) is 6.92 Å². The van der Waals surface area contributed by atoms with Crippen LogP contribution in [-0.4, -0.2) is 53.2 Å². The predicted octanol–water partition coefficient (Wildman–Crippen LogP) is 0.593. The lowest BCUT2D eigenvalue weighted by atomic mass is 10.3. The average molecular weight is 300 g/mol. The molecular weight excluding hydrogens is 278 g/mol. The molecule has 7 heteroatoms. The molecule has 1 saturated heterocycles. The summed E-state index contributed by atoms with van der Waals surface area (Å²) in [6.45, 7) is 6.77. The Morgan fingerprint density at radius 2 is 2.00 bits per heavy atom. The van der Waals surface area contributed by atoms with Gasteiger partial charge in [0.25, 0.3) is 0 Å². The van der Waals surface area contributed by atoms with E-state index in [1.165, 1.54) is 0 Å². The van der Waals surface area contributed by atoms with Crippen LogP contribution < -0.4 is 10.6 Å². The molecule has 6 nitrogen and oxygen atoms in total. The molecule has 0 aliphatic carbocycles. The highest BCUT2D eigenvalue weighted by molar-refractivity contribution is 5.85. The van der Waals surface area contributed by atoms with E-state index in [2.05, 4.69) is 15.1 Å². The number of aryl methyl sites for hydroxylation is 1. The van der Waals surface area contributed by atoms with Gasteiger partial charge in [0.05, 0.1) is 11.7 Å². The first kappa shape index (κ1) is 16.7. The number of hydrogen-bond donors (Lipinski definition) is 1. The molecule has 1 aliphatic rings. The highest BCUT2D eigenvalue weighted by Gasteiger charge is 2.21. The third-order valence-corrected chi connectivity index (χ3v) is 3.30. The number of amides is 1. The van der Waals surface area contributed by atoms with Crippen LogP contribution in [0.15, 0.2) is 12.1 Å². The van der Waals surface area contributed by atoms with Crippen LogP contribution in [0, 0.1) is 6.92 Å². The van der Waals surface area contributed by atoms with Gasteiger partial charge in [-0.2, -0.15) is 5.10 Å².